The lowest BCUT2D eigenvalue weighted by Gasteiger charge is -2.69. The van der Waals surface area contributed by atoms with Gasteiger partial charge in [-0.1, -0.05) is 6.92 Å². The van der Waals surface area contributed by atoms with Crippen molar-refractivity contribution in [2.75, 3.05) is 48.1 Å². The maximum atomic E-state index is 12.9. The van der Waals surface area contributed by atoms with Crippen molar-refractivity contribution in [1.82, 2.24) is 4.90 Å². The van der Waals surface area contributed by atoms with Crippen molar-refractivity contribution in [1.29, 1.82) is 0 Å². The molecule has 0 aromatic carbocycles. The zero-order valence-corrected chi connectivity index (χ0v) is 20.6. The van der Waals surface area contributed by atoms with Crippen molar-refractivity contribution in [3.63, 3.8) is 0 Å². The first-order valence-electron chi connectivity index (χ1n) is 12.7. The number of fused-ring (bicyclic) bond motifs is 2. The van der Waals surface area contributed by atoms with E-state index in [0.717, 1.165) is 25.9 Å². The smallest absolute Gasteiger partial charge is 0.136 e. The summed E-state index contributed by atoms with van der Waals surface area (Å²) in [6.45, 7) is 4.18. The van der Waals surface area contributed by atoms with Crippen molar-refractivity contribution in [3.05, 3.63) is 0 Å². The molecule has 6 aliphatic rings. The highest BCUT2D eigenvalue weighted by atomic mass is 16.5. The summed E-state index contributed by atoms with van der Waals surface area (Å²) >= 11 is 0. The standard InChI is InChI=1S/C25H41NO7/c1-6-26-11-22(12-30-2)8-7-16(27)24-14-9-13-15(31-3)10-23(28,17(14)18(13)32-4)25(29,21(24)26)20(33-5)19(22)24/h13-21,27-29H,6-12H2,1-5H3/t13-,14?,15+,16+,17?,18?,19?,20?,21+,22+,23-,24+,25-/m1/s1. The van der Waals surface area contributed by atoms with Crippen LogP contribution in [0.25, 0.3) is 0 Å². The molecule has 0 aromatic heterocycles. The second-order valence-electron chi connectivity index (χ2n) is 11.9. The summed E-state index contributed by atoms with van der Waals surface area (Å²) < 4.78 is 24.0. The van der Waals surface area contributed by atoms with E-state index in [4.69, 9.17) is 18.9 Å². The fourth-order valence-electron chi connectivity index (χ4n) is 11.0. The molecule has 0 amide bonds. The van der Waals surface area contributed by atoms with Crippen molar-refractivity contribution >= 4 is 0 Å². The van der Waals surface area contributed by atoms with Crippen LogP contribution in [-0.4, -0.2) is 110 Å². The summed E-state index contributed by atoms with van der Waals surface area (Å²) in [5.74, 6) is -0.231. The molecule has 13 atom stereocenters. The molecule has 8 heteroatoms. The first-order chi connectivity index (χ1) is 15.8. The van der Waals surface area contributed by atoms with Gasteiger partial charge in [0, 0.05) is 70.0 Å². The minimum absolute atomic E-state index is 0.00825. The third-order valence-electron chi connectivity index (χ3n) is 11.5. The molecule has 3 N–H and O–H groups in total. The third-order valence-corrected chi connectivity index (χ3v) is 11.5. The lowest BCUT2D eigenvalue weighted by molar-refractivity contribution is -0.318. The van der Waals surface area contributed by atoms with Gasteiger partial charge in [0.2, 0.25) is 0 Å². The van der Waals surface area contributed by atoms with E-state index in [1.165, 1.54) is 0 Å². The minimum atomic E-state index is -1.55. The summed E-state index contributed by atoms with van der Waals surface area (Å²) in [6.07, 6.45) is 1.06. The molecule has 5 unspecified atom stereocenters. The summed E-state index contributed by atoms with van der Waals surface area (Å²) in [5, 5.41) is 37.6. The molecule has 6 rings (SSSR count). The predicted molar refractivity (Wildman–Crippen MR) is 119 cm³/mol. The van der Waals surface area contributed by atoms with E-state index in [-0.39, 0.29) is 47.3 Å². The Morgan fingerprint density at radius 2 is 1.82 bits per heavy atom. The van der Waals surface area contributed by atoms with E-state index < -0.39 is 28.8 Å². The number of hydrogen-bond acceptors (Lipinski definition) is 8. The molecule has 7 bridgehead atoms. The highest BCUT2D eigenvalue weighted by molar-refractivity contribution is 5.41. The average Bonchev–Trinajstić information content (AvgIpc) is 3.22. The summed E-state index contributed by atoms with van der Waals surface area (Å²) in [4.78, 5) is 2.33. The minimum Gasteiger partial charge on any atom is -0.392 e. The van der Waals surface area contributed by atoms with Gasteiger partial charge in [-0.25, -0.2) is 0 Å². The van der Waals surface area contributed by atoms with Crippen LogP contribution in [0.4, 0.5) is 0 Å². The number of aliphatic hydroxyl groups excluding tert-OH is 1. The molecular formula is C25H41NO7. The Hall–Kier alpha value is -0.320. The van der Waals surface area contributed by atoms with Gasteiger partial charge in [-0.2, -0.15) is 0 Å². The predicted octanol–water partition coefficient (Wildman–Crippen LogP) is 0.271. The second kappa shape index (κ2) is 7.13. The highest BCUT2D eigenvalue weighted by Crippen LogP contribution is 2.80. The van der Waals surface area contributed by atoms with Crippen molar-refractivity contribution in [2.45, 2.75) is 74.3 Å². The lowest BCUT2D eigenvalue weighted by Crippen LogP contribution is -2.82. The van der Waals surface area contributed by atoms with Gasteiger partial charge in [0.05, 0.1) is 37.1 Å². The first kappa shape index (κ1) is 23.1. The Morgan fingerprint density at radius 1 is 1.06 bits per heavy atom. The fourth-order valence-corrected chi connectivity index (χ4v) is 11.0. The second-order valence-corrected chi connectivity index (χ2v) is 11.9. The molecule has 1 heterocycles. The molecule has 5 saturated carbocycles. The van der Waals surface area contributed by atoms with Crippen molar-refractivity contribution in [2.24, 2.45) is 34.5 Å². The summed E-state index contributed by atoms with van der Waals surface area (Å²) in [6, 6.07) is -0.386. The number of piperidine rings is 1. The van der Waals surface area contributed by atoms with Crippen LogP contribution in [0.2, 0.25) is 0 Å². The van der Waals surface area contributed by atoms with E-state index in [2.05, 4.69) is 11.8 Å². The van der Waals surface area contributed by atoms with Gasteiger partial charge < -0.3 is 34.3 Å². The SMILES string of the molecule is CCN1C[C@]2(COC)CC[C@H](O)[C@@]34C5C[C@H]6C(OC)C5[C@](O)(C[C@@H]6OC)[C@@](O)(C(OC)C23)[C@@H]14. The molecule has 1 spiro atoms. The van der Waals surface area contributed by atoms with Crippen LogP contribution in [-0.2, 0) is 18.9 Å². The fraction of sp³-hybridized carbons (Fsp3) is 1.00. The number of nitrogens with zero attached hydrogens (tertiary/aromatic N) is 1. The number of likely N-dealkylation sites (N-methyl/N-ethyl adjacent to an activating group) is 1. The summed E-state index contributed by atoms with van der Waals surface area (Å²) in [7, 11) is 6.79. The molecule has 33 heavy (non-hydrogen) atoms. The molecule has 188 valence electrons. The van der Waals surface area contributed by atoms with Crippen LogP contribution in [0, 0.1) is 34.5 Å². The zero-order chi connectivity index (χ0) is 23.6. The molecule has 5 aliphatic carbocycles. The number of likely N-dealkylation sites (tertiary alicyclic amines) is 1. The molecule has 0 aromatic rings. The molecule has 8 nitrogen and oxygen atoms in total. The molecule has 1 aliphatic heterocycles. The van der Waals surface area contributed by atoms with Crippen LogP contribution in [0.15, 0.2) is 0 Å². The number of rotatable bonds is 6. The normalized spacial score (nSPS) is 60.9. The maximum Gasteiger partial charge on any atom is 0.136 e. The topological polar surface area (TPSA) is 101 Å². The van der Waals surface area contributed by atoms with Gasteiger partial charge in [-0.15, -0.1) is 0 Å². The molecular weight excluding hydrogens is 426 g/mol. The highest BCUT2D eigenvalue weighted by Gasteiger charge is 2.91. The van der Waals surface area contributed by atoms with Crippen molar-refractivity contribution in [3.8, 4) is 0 Å². The Morgan fingerprint density at radius 3 is 2.42 bits per heavy atom. The first-order valence-corrected chi connectivity index (χ1v) is 12.7. The lowest BCUT2D eigenvalue weighted by atomic mass is 9.42. The van der Waals surface area contributed by atoms with Crippen molar-refractivity contribution < 1.29 is 34.3 Å². The van der Waals surface area contributed by atoms with E-state index >= 15 is 0 Å². The average molecular weight is 468 g/mol. The summed E-state index contributed by atoms with van der Waals surface area (Å²) in [5.41, 5.74) is -3.82. The molecule has 0 radical (unpaired) electrons. The Kier molecular flexibility index (Phi) is 4.99. The Labute approximate surface area is 196 Å². The maximum absolute atomic E-state index is 12.9. The quantitative estimate of drug-likeness (QED) is 0.512. The number of ether oxygens (including phenoxy) is 4. The number of methoxy groups -OCH3 is 4. The number of hydrogen-bond donors (Lipinski definition) is 3. The zero-order valence-electron chi connectivity index (χ0n) is 20.6. The monoisotopic (exact) mass is 467 g/mol. The largest absolute Gasteiger partial charge is 0.392 e. The van der Waals surface area contributed by atoms with Gasteiger partial charge in [0.1, 0.15) is 11.2 Å². The van der Waals surface area contributed by atoms with Crippen LogP contribution in [0.3, 0.4) is 0 Å². The van der Waals surface area contributed by atoms with Crippen LogP contribution >= 0.6 is 0 Å². The van der Waals surface area contributed by atoms with Gasteiger partial charge in [-0.3, -0.25) is 4.90 Å². The van der Waals surface area contributed by atoms with Crippen LogP contribution in [0.5, 0.6) is 0 Å². The van der Waals surface area contributed by atoms with Gasteiger partial charge in [-0.05, 0) is 31.7 Å². The van der Waals surface area contributed by atoms with E-state index in [0.29, 0.717) is 19.4 Å². The van der Waals surface area contributed by atoms with Gasteiger partial charge in [0.25, 0.3) is 0 Å². The third kappa shape index (κ3) is 2.20. The van der Waals surface area contributed by atoms with E-state index in [9.17, 15) is 15.3 Å². The molecule has 6 fully saturated rings. The van der Waals surface area contributed by atoms with Crippen LogP contribution in [0.1, 0.15) is 32.6 Å². The van der Waals surface area contributed by atoms with E-state index in [1.54, 1.807) is 28.4 Å². The Bertz CT molecular complexity index is 814. The molecule has 1 saturated heterocycles. The van der Waals surface area contributed by atoms with E-state index in [1.807, 2.05) is 0 Å². The van der Waals surface area contributed by atoms with Gasteiger partial charge >= 0.3 is 0 Å². The number of aliphatic hydroxyl groups is 3. The van der Waals surface area contributed by atoms with Crippen LogP contribution < -0.4 is 0 Å². The Balaban J connectivity index is 1.67. The van der Waals surface area contributed by atoms with Gasteiger partial charge in [0.15, 0.2) is 0 Å².